The number of piperidine rings is 1. The summed E-state index contributed by atoms with van der Waals surface area (Å²) in [6.07, 6.45) is 1.56. The number of likely N-dealkylation sites (tertiary alicyclic amines) is 1. The predicted octanol–water partition coefficient (Wildman–Crippen LogP) is 4.11. The fourth-order valence-electron chi connectivity index (χ4n) is 3.56. The number of benzene rings is 2. The number of urea groups is 1. The van der Waals surface area contributed by atoms with Gasteiger partial charge >= 0.3 is 6.03 Å². The van der Waals surface area contributed by atoms with Crippen molar-refractivity contribution < 1.29 is 23.7 Å². The lowest BCUT2D eigenvalue weighted by Crippen LogP contribution is -2.43. The molecule has 0 bridgehead atoms. The third-order valence-corrected chi connectivity index (χ3v) is 6.11. The molecule has 0 saturated carbocycles. The minimum absolute atomic E-state index is 0.0436. The molecule has 2 aliphatic rings. The van der Waals surface area contributed by atoms with Crippen LogP contribution >= 0.6 is 11.3 Å². The number of fused-ring (bicyclic) bond motifs is 2. The van der Waals surface area contributed by atoms with Crippen LogP contribution in [0.1, 0.15) is 12.8 Å². The number of carbonyl (C=O) groups excluding carboxylic acids is 1. The van der Waals surface area contributed by atoms with Crippen LogP contribution in [0.3, 0.4) is 0 Å². The molecule has 30 heavy (non-hydrogen) atoms. The second-order valence-corrected chi connectivity index (χ2v) is 8.11. The Morgan fingerprint density at radius 3 is 2.83 bits per heavy atom. The second kappa shape index (κ2) is 7.91. The van der Waals surface area contributed by atoms with Gasteiger partial charge in [-0.3, -0.25) is 0 Å². The highest BCUT2D eigenvalue weighted by Gasteiger charge is 2.25. The molecule has 0 atom stereocenters. The van der Waals surface area contributed by atoms with Crippen molar-refractivity contribution in [1.82, 2.24) is 9.88 Å². The van der Waals surface area contributed by atoms with E-state index in [-0.39, 0.29) is 18.9 Å². The number of amides is 2. The minimum atomic E-state index is -0.126. The maximum atomic E-state index is 12.6. The Kier molecular flexibility index (Phi) is 4.96. The van der Waals surface area contributed by atoms with Gasteiger partial charge < -0.3 is 29.2 Å². The van der Waals surface area contributed by atoms with Gasteiger partial charge in [-0.25, -0.2) is 9.78 Å². The number of hydrogen-bond acceptors (Lipinski definition) is 7. The number of hydrogen-bond donors (Lipinski definition) is 1. The van der Waals surface area contributed by atoms with Crippen molar-refractivity contribution in [3.8, 4) is 22.4 Å². The summed E-state index contributed by atoms with van der Waals surface area (Å²) in [7, 11) is 1.65. The van der Waals surface area contributed by atoms with Crippen molar-refractivity contribution in [2.45, 2.75) is 18.9 Å². The Morgan fingerprint density at radius 2 is 2.00 bits per heavy atom. The van der Waals surface area contributed by atoms with Gasteiger partial charge in [0.15, 0.2) is 11.5 Å². The predicted molar refractivity (Wildman–Crippen MR) is 113 cm³/mol. The number of nitrogens with one attached hydrogen (secondary N) is 1. The Balaban J connectivity index is 1.15. The van der Waals surface area contributed by atoms with Crippen LogP contribution in [-0.2, 0) is 0 Å². The van der Waals surface area contributed by atoms with Gasteiger partial charge in [-0.15, -0.1) is 0 Å². The highest BCUT2D eigenvalue weighted by molar-refractivity contribution is 7.20. The Hall–Kier alpha value is -3.20. The van der Waals surface area contributed by atoms with E-state index in [1.165, 1.54) is 11.3 Å². The molecular weight excluding hydrogens is 406 g/mol. The molecule has 3 heterocycles. The van der Waals surface area contributed by atoms with Crippen molar-refractivity contribution in [3.05, 3.63) is 36.4 Å². The van der Waals surface area contributed by atoms with Gasteiger partial charge in [0.2, 0.25) is 6.79 Å². The first kappa shape index (κ1) is 18.8. The van der Waals surface area contributed by atoms with E-state index in [2.05, 4.69) is 10.3 Å². The Labute approximate surface area is 177 Å². The zero-order valence-corrected chi connectivity index (χ0v) is 17.2. The number of methoxy groups -OCH3 is 1. The summed E-state index contributed by atoms with van der Waals surface area (Å²) in [6.45, 7) is 1.46. The summed E-state index contributed by atoms with van der Waals surface area (Å²) in [4.78, 5) is 18.9. The van der Waals surface area contributed by atoms with E-state index in [1.54, 1.807) is 24.1 Å². The SMILES string of the molecule is COc1ccc2nc(OC3CCN(C(=O)Nc4ccc5c(c4)OCO5)CC3)sc2c1. The highest BCUT2D eigenvalue weighted by atomic mass is 32.1. The van der Waals surface area contributed by atoms with Crippen molar-refractivity contribution in [1.29, 1.82) is 0 Å². The van der Waals surface area contributed by atoms with Gasteiger partial charge in [0.1, 0.15) is 11.9 Å². The molecule has 5 rings (SSSR count). The van der Waals surface area contributed by atoms with Crippen molar-refractivity contribution in [3.63, 3.8) is 0 Å². The smallest absolute Gasteiger partial charge is 0.321 e. The highest BCUT2D eigenvalue weighted by Crippen LogP contribution is 2.35. The molecule has 1 N–H and O–H groups in total. The van der Waals surface area contributed by atoms with Gasteiger partial charge in [-0.1, -0.05) is 11.3 Å². The van der Waals surface area contributed by atoms with Gasteiger partial charge in [0.25, 0.3) is 5.19 Å². The first-order chi connectivity index (χ1) is 14.7. The molecular formula is C21H21N3O5S. The Morgan fingerprint density at radius 1 is 1.17 bits per heavy atom. The molecule has 0 unspecified atom stereocenters. The quantitative estimate of drug-likeness (QED) is 0.675. The number of aromatic nitrogens is 1. The van der Waals surface area contributed by atoms with Crippen LogP contribution in [0.2, 0.25) is 0 Å². The lowest BCUT2D eigenvalue weighted by Gasteiger charge is -2.31. The molecule has 2 amide bonds. The molecule has 0 spiro atoms. The minimum Gasteiger partial charge on any atom is -0.497 e. The standard InChI is InChI=1S/C21H21N3O5S/c1-26-15-3-4-16-19(11-15)30-21(23-16)29-14-6-8-24(9-7-14)20(25)22-13-2-5-17-18(10-13)28-12-27-17/h2-5,10-11,14H,6-9,12H2,1H3,(H,22,25). The third kappa shape index (κ3) is 3.80. The lowest BCUT2D eigenvalue weighted by atomic mass is 10.1. The molecule has 1 saturated heterocycles. The normalized spacial score (nSPS) is 16.0. The monoisotopic (exact) mass is 427 g/mol. The van der Waals surface area contributed by atoms with E-state index in [0.29, 0.717) is 35.5 Å². The fraction of sp³-hybridized carbons (Fsp3) is 0.333. The van der Waals surface area contributed by atoms with Crippen molar-refractivity contribution in [2.24, 2.45) is 0 Å². The number of anilines is 1. The number of thiazole rings is 1. The Bertz CT molecular complexity index is 1080. The average molecular weight is 427 g/mol. The first-order valence-corrected chi connectivity index (χ1v) is 10.6. The summed E-state index contributed by atoms with van der Waals surface area (Å²) >= 11 is 1.51. The molecule has 2 aliphatic heterocycles. The summed E-state index contributed by atoms with van der Waals surface area (Å²) < 4.78 is 23.0. The lowest BCUT2D eigenvalue weighted by molar-refractivity contribution is 0.115. The average Bonchev–Trinajstić information content (AvgIpc) is 3.39. The number of rotatable bonds is 4. The van der Waals surface area contributed by atoms with E-state index in [4.69, 9.17) is 18.9 Å². The van der Waals surface area contributed by atoms with Crippen LogP contribution < -0.4 is 24.3 Å². The van der Waals surface area contributed by atoms with Crippen LogP contribution in [0.15, 0.2) is 36.4 Å². The molecule has 9 heteroatoms. The topological polar surface area (TPSA) is 82.2 Å². The third-order valence-electron chi connectivity index (χ3n) is 5.20. The fourth-order valence-corrected chi connectivity index (χ4v) is 4.47. The van der Waals surface area contributed by atoms with Gasteiger partial charge in [0, 0.05) is 37.7 Å². The zero-order valence-electron chi connectivity index (χ0n) is 16.4. The summed E-state index contributed by atoms with van der Waals surface area (Å²) in [5, 5.41) is 3.58. The van der Waals surface area contributed by atoms with Crippen LogP contribution in [-0.4, -0.2) is 49.0 Å². The van der Waals surface area contributed by atoms with Crippen LogP contribution in [0, 0.1) is 0 Å². The van der Waals surface area contributed by atoms with Crippen LogP contribution in [0.5, 0.6) is 22.4 Å². The van der Waals surface area contributed by atoms with Crippen LogP contribution in [0.4, 0.5) is 10.5 Å². The maximum Gasteiger partial charge on any atom is 0.321 e. The van der Waals surface area contributed by atoms with Gasteiger partial charge in [-0.05, 0) is 30.3 Å². The summed E-state index contributed by atoms with van der Waals surface area (Å²) in [5.41, 5.74) is 1.59. The molecule has 1 aromatic heterocycles. The molecule has 2 aromatic carbocycles. The molecule has 1 fully saturated rings. The van der Waals surface area contributed by atoms with Crippen LogP contribution in [0.25, 0.3) is 10.2 Å². The molecule has 156 valence electrons. The number of carbonyl (C=O) groups is 1. The largest absolute Gasteiger partial charge is 0.497 e. The van der Waals surface area contributed by atoms with Crippen molar-refractivity contribution >= 4 is 33.3 Å². The maximum absolute atomic E-state index is 12.6. The summed E-state index contributed by atoms with van der Waals surface area (Å²) in [6, 6.07) is 11.0. The molecule has 0 radical (unpaired) electrons. The molecule has 3 aromatic rings. The van der Waals surface area contributed by atoms with E-state index in [9.17, 15) is 4.79 Å². The zero-order chi connectivity index (χ0) is 20.5. The second-order valence-electron chi connectivity index (χ2n) is 7.12. The van der Waals surface area contributed by atoms with E-state index in [0.717, 1.165) is 28.8 Å². The molecule has 0 aliphatic carbocycles. The first-order valence-electron chi connectivity index (χ1n) is 9.75. The van der Waals surface area contributed by atoms with E-state index in [1.807, 2.05) is 24.3 Å². The van der Waals surface area contributed by atoms with Gasteiger partial charge in [-0.2, -0.15) is 0 Å². The number of ether oxygens (including phenoxy) is 4. The van der Waals surface area contributed by atoms with Crippen molar-refractivity contribution in [2.75, 3.05) is 32.3 Å². The number of nitrogens with zero attached hydrogens (tertiary/aromatic N) is 2. The summed E-state index contributed by atoms with van der Waals surface area (Å²) in [5.74, 6) is 2.15. The van der Waals surface area contributed by atoms with Gasteiger partial charge in [0.05, 0.1) is 17.3 Å². The molecule has 8 nitrogen and oxygen atoms in total. The van der Waals surface area contributed by atoms with E-state index >= 15 is 0 Å². The van der Waals surface area contributed by atoms with E-state index < -0.39 is 0 Å².